The van der Waals surface area contributed by atoms with Crippen molar-refractivity contribution < 1.29 is 4.42 Å². The van der Waals surface area contributed by atoms with Gasteiger partial charge in [0, 0.05) is 6.54 Å². The average molecular weight is 288 g/mol. The first-order chi connectivity index (χ1) is 7.24. The van der Waals surface area contributed by atoms with E-state index in [0.29, 0.717) is 9.44 Å². The summed E-state index contributed by atoms with van der Waals surface area (Å²) in [6, 6.07) is 1.86. The van der Waals surface area contributed by atoms with Gasteiger partial charge in [-0.05, 0) is 40.6 Å². The number of aromatic amines is 1. The second-order valence-corrected chi connectivity index (χ2v) is 4.22. The van der Waals surface area contributed by atoms with Crippen molar-refractivity contribution in [1.82, 2.24) is 14.8 Å². The fourth-order valence-electron chi connectivity index (χ4n) is 1.41. The number of nitrogens with one attached hydrogen (secondary N) is 1. The predicted octanol–water partition coefficient (Wildman–Crippen LogP) is 3.37. The molecule has 2 rings (SSSR count). The van der Waals surface area contributed by atoms with Crippen LogP contribution in [0, 0.1) is 4.77 Å². The Labute approximate surface area is 100 Å². The molecule has 4 nitrogen and oxygen atoms in total. The zero-order valence-corrected chi connectivity index (χ0v) is 10.6. The van der Waals surface area contributed by atoms with Crippen LogP contribution in [0.5, 0.6) is 0 Å². The van der Waals surface area contributed by atoms with Crippen LogP contribution in [0.25, 0.3) is 11.4 Å². The standard InChI is InChI=1S/C9H10BrN3OS/c1-2-4-13-8(11-12-9(13)15)6-3-5-14-7(6)10/h3,5H,2,4H2,1H3,(H,12,15). The maximum absolute atomic E-state index is 5.18. The Morgan fingerprint density at radius 1 is 1.67 bits per heavy atom. The third-order valence-electron chi connectivity index (χ3n) is 2.06. The first kappa shape index (κ1) is 10.6. The molecule has 2 aromatic rings. The molecule has 0 amide bonds. The van der Waals surface area contributed by atoms with E-state index in [1.54, 1.807) is 6.26 Å². The summed E-state index contributed by atoms with van der Waals surface area (Å²) in [5.41, 5.74) is 0.913. The molecular formula is C9H10BrN3OS. The van der Waals surface area contributed by atoms with Crippen LogP contribution in [0.3, 0.4) is 0 Å². The molecule has 2 aromatic heterocycles. The van der Waals surface area contributed by atoms with Gasteiger partial charge in [-0.3, -0.25) is 5.10 Å². The van der Waals surface area contributed by atoms with Gasteiger partial charge < -0.3 is 8.98 Å². The third kappa shape index (κ3) is 1.91. The van der Waals surface area contributed by atoms with Gasteiger partial charge in [0.1, 0.15) is 0 Å². The summed E-state index contributed by atoms with van der Waals surface area (Å²) in [5, 5.41) is 6.98. The van der Waals surface area contributed by atoms with E-state index in [9.17, 15) is 0 Å². The van der Waals surface area contributed by atoms with Crippen molar-refractivity contribution in [1.29, 1.82) is 0 Å². The SMILES string of the molecule is CCCn1c(-c2ccoc2Br)n[nH]c1=S. The van der Waals surface area contributed by atoms with Crippen molar-refractivity contribution >= 4 is 28.1 Å². The Morgan fingerprint density at radius 3 is 3.07 bits per heavy atom. The van der Waals surface area contributed by atoms with E-state index in [4.69, 9.17) is 16.6 Å². The Kier molecular flexibility index (Phi) is 3.06. The summed E-state index contributed by atoms with van der Waals surface area (Å²) >= 11 is 8.48. The summed E-state index contributed by atoms with van der Waals surface area (Å²) < 4.78 is 8.45. The molecule has 15 heavy (non-hydrogen) atoms. The molecule has 1 N–H and O–H groups in total. The lowest BCUT2D eigenvalue weighted by molar-refractivity contribution is 0.541. The van der Waals surface area contributed by atoms with E-state index in [1.807, 2.05) is 10.6 Å². The number of hydrogen-bond acceptors (Lipinski definition) is 3. The summed E-state index contributed by atoms with van der Waals surface area (Å²) in [5.74, 6) is 0.808. The van der Waals surface area contributed by atoms with Gasteiger partial charge in [0.25, 0.3) is 0 Å². The Balaban J connectivity index is 2.54. The van der Waals surface area contributed by atoms with Gasteiger partial charge in [0.05, 0.1) is 11.8 Å². The quantitative estimate of drug-likeness (QED) is 0.881. The Morgan fingerprint density at radius 2 is 2.47 bits per heavy atom. The van der Waals surface area contributed by atoms with Gasteiger partial charge >= 0.3 is 0 Å². The molecule has 0 saturated heterocycles. The van der Waals surface area contributed by atoms with Crippen LogP contribution in [0.1, 0.15) is 13.3 Å². The summed E-state index contributed by atoms with van der Waals surface area (Å²) in [6.45, 7) is 2.95. The zero-order valence-electron chi connectivity index (χ0n) is 8.16. The van der Waals surface area contributed by atoms with Gasteiger partial charge in [0.15, 0.2) is 15.3 Å². The highest BCUT2D eigenvalue weighted by Crippen LogP contribution is 2.27. The third-order valence-corrected chi connectivity index (χ3v) is 2.99. The molecule has 80 valence electrons. The fourth-order valence-corrected chi connectivity index (χ4v) is 2.05. The van der Waals surface area contributed by atoms with Crippen LogP contribution in [0.4, 0.5) is 0 Å². The molecule has 0 spiro atoms. The molecule has 0 bridgehead atoms. The van der Waals surface area contributed by atoms with Gasteiger partial charge in [0.2, 0.25) is 0 Å². The zero-order chi connectivity index (χ0) is 10.8. The van der Waals surface area contributed by atoms with Crippen LogP contribution in [-0.2, 0) is 6.54 Å². The summed E-state index contributed by atoms with van der Waals surface area (Å²) in [4.78, 5) is 0. The minimum atomic E-state index is 0.639. The molecule has 6 heteroatoms. The van der Waals surface area contributed by atoms with Crippen LogP contribution < -0.4 is 0 Å². The van der Waals surface area contributed by atoms with Crippen molar-refractivity contribution in [2.75, 3.05) is 0 Å². The summed E-state index contributed by atoms with van der Waals surface area (Å²) in [7, 11) is 0. The van der Waals surface area contributed by atoms with E-state index in [2.05, 4.69) is 33.1 Å². The molecule has 0 aliphatic heterocycles. The molecule has 2 heterocycles. The van der Waals surface area contributed by atoms with Crippen LogP contribution in [0.15, 0.2) is 21.4 Å². The average Bonchev–Trinajstić information content (AvgIpc) is 2.76. The van der Waals surface area contributed by atoms with E-state index in [0.717, 1.165) is 24.4 Å². The molecular weight excluding hydrogens is 278 g/mol. The van der Waals surface area contributed by atoms with Crippen molar-refractivity contribution in [2.45, 2.75) is 19.9 Å². The van der Waals surface area contributed by atoms with Crippen LogP contribution in [-0.4, -0.2) is 14.8 Å². The highest BCUT2D eigenvalue weighted by atomic mass is 79.9. The lowest BCUT2D eigenvalue weighted by Gasteiger charge is -2.02. The highest BCUT2D eigenvalue weighted by molar-refractivity contribution is 9.10. The minimum Gasteiger partial charge on any atom is -0.457 e. The van der Waals surface area contributed by atoms with Crippen LogP contribution in [0.2, 0.25) is 0 Å². The van der Waals surface area contributed by atoms with Crippen molar-refractivity contribution in [3.63, 3.8) is 0 Å². The first-order valence-electron chi connectivity index (χ1n) is 4.62. The van der Waals surface area contributed by atoms with Gasteiger partial charge in [-0.1, -0.05) is 6.92 Å². The molecule has 0 fully saturated rings. The fraction of sp³-hybridized carbons (Fsp3) is 0.333. The van der Waals surface area contributed by atoms with Gasteiger partial charge in [-0.2, -0.15) is 5.10 Å². The molecule has 0 aliphatic carbocycles. The minimum absolute atomic E-state index is 0.639. The number of nitrogens with zero attached hydrogens (tertiary/aromatic N) is 2. The lowest BCUT2D eigenvalue weighted by Crippen LogP contribution is -1.99. The smallest absolute Gasteiger partial charge is 0.195 e. The van der Waals surface area contributed by atoms with Gasteiger partial charge in [-0.25, -0.2) is 0 Å². The molecule has 0 unspecified atom stereocenters. The molecule has 0 radical (unpaired) electrons. The van der Waals surface area contributed by atoms with E-state index >= 15 is 0 Å². The summed E-state index contributed by atoms with van der Waals surface area (Å²) in [6.07, 6.45) is 2.63. The predicted molar refractivity (Wildman–Crippen MR) is 63.1 cm³/mol. The largest absolute Gasteiger partial charge is 0.457 e. The maximum atomic E-state index is 5.18. The molecule has 0 aliphatic rings. The molecule has 0 aromatic carbocycles. The second-order valence-electron chi connectivity index (χ2n) is 3.11. The van der Waals surface area contributed by atoms with Crippen molar-refractivity contribution in [2.24, 2.45) is 0 Å². The maximum Gasteiger partial charge on any atom is 0.195 e. The monoisotopic (exact) mass is 287 g/mol. The first-order valence-corrected chi connectivity index (χ1v) is 5.82. The number of aromatic nitrogens is 3. The van der Waals surface area contributed by atoms with E-state index in [-0.39, 0.29) is 0 Å². The number of hydrogen-bond donors (Lipinski definition) is 1. The van der Waals surface area contributed by atoms with Crippen LogP contribution >= 0.6 is 28.1 Å². The Hall–Kier alpha value is -0.880. The molecule has 0 atom stereocenters. The number of furan rings is 1. The lowest BCUT2D eigenvalue weighted by atomic mass is 10.3. The Bertz CT molecular complexity index is 513. The highest BCUT2D eigenvalue weighted by Gasteiger charge is 2.13. The normalized spacial score (nSPS) is 10.8. The van der Waals surface area contributed by atoms with Crippen molar-refractivity contribution in [3.05, 3.63) is 21.8 Å². The van der Waals surface area contributed by atoms with E-state index in [1.165, 1.54) is 0 Å². The topological polar surface area (TPSA) is 46.8 Å². The van der Waals surface area contributed by atoms with Crippen molar-refractivity contribution in [3.8, 4) is 11.4 Å². The van der Waals surface area contributed by atoms with E-state index < -0.39 is 0 Å². The molecule has 0 saturated carbocycles. The number of rotatable bonds is 3. The number of halogens is 1. The van der Waals surface area contributed by atoms with Gasteiger partial charge in [-0.15, -0.1) is 0 Å². The number of H-pyrrole nitrogens is 1. The second kappa shape index (κ2) is 4.32.